The summed E-state index contributed by atoms with van der Waals surface area (Å²) >= 11 is 0. The van der Waals surface area contributed by atoms with Crippen molar-refractivity contribution in [2.75, 3.05) is 6.79 Å². The molecule has 2 aromatic heterocycles. The first-order chi connectivity index (χ1) is 16.9. The molecule has 1 N–H and O–H groups in total. The van der Waals surface area contributed by atoms with Gasteiger partial charge in [0.05, 0.1) is 17.1 Å². The molecule has 9 nitrogen and oxygen atoms in total. The van der Waals surface area contributed by atoms with Crippen LogP contribution in [0.4, 0.5) is 0 Å². The molecule has 1 atom stereocenters. The molecule has 0 unspecified atom stereocenters. The largest absolute Gasteiger partial charge is 0.454 e. The molecule has 1 saturated carbocycles. The van der Waals surface area contributed by atoms with Gasteiger partial charge in [0, 0.05) is 29.6 Å². The summed E-state index contributed by atoms with van der Waals surface area (Å²) in [4.78, 5) is 18.8. The first kappa shape index (κ1) is 23.8. The summed E-state index contributed by atoms with van der Waals surface area (Å²) < 4.78 is 13.0. The third-order valence-corrected chi connectivity index (χ3v) is 7.83. The number of ether oxygens (including phenoxy) is 2. The summed E-state index contributed by atoms with van der Waals surface area (Å²) in [6.07, 6.45) is 7.72. The maximum atomic E-state index is 13.2. The molecule has 0 saturated heterocycles. The number of tetrazole rings is 1. The van der Waals surface area contributed by atoms with Crippen LogP contribution in [0, 0.1) is 0 Å². The first-order valence-corrected chi connectivity index (χ1v) is 12.9. The average molecular weight is 481 g/mol. The lowest BCUT2D eigenvalue weighted by Gasteiger charge is -2.40. The molecule has 0 spiro atoms. The Hall–Kier alpha value is -2.94. The Bertz CT molecular complexity index is 1240. The Kier molecular flexibility index (Phi) is 6.53. The summed E-state index contributed by atoms with van der Waals surface area (Å²) in [6, 6.07) is 6.19. The monoisotopic (exact) mass is 480 g/mol. The number of hydrogen-bond acceptors (Lipinski definition) is 7. The van der Waals surface area contributed by atoms with Crippen LogP contribution in [0.25, 0.3) is 10.9 Å². The second-order valence-corrected chi connectivity index (χ2v) is 10.4. The van der Waals surface area contributed by atoms with Gasteiger partial charge in [-0.3, -0.25) is 9.69 Å². The van der Waals surface area contributed by atoms with E-state index in [1.807, 2.05) is 22.9 Å². The molecule has 3 aromatic rings. The summed E-state index contributed by atoms with van der Waals surface area (Å²) in [5.41, 5.74) is 1.25. The molecule has 35 heavy (non-hydrogen) atoms. The molecular formula is C26H36N6O3. The van der Waals surface area contributed by atoms with Crippen molar-refractivity contribution in [3.8, 4) is 11.5 Å². The van der Waals surface area contributed by atoms with Crippen molar-refractivity contribution < 1.29 is 9.47 Å². The van der Waals surface area contributed by atoms with Crippen LogP contribution >= 0.6 is 0 Å². The van der Waals surface area contributed by atoms with E-state index in [9.17, 15) is 4.79 Å². The number of H-pyrrole nitrogens is 1. The van der Waals surface area contributed by atoms with Gasteiger partial charge in [-0.15, -0.1) is 5.10 Å². The van der Waals surface area contributed by atoms with Gasteiger partial charge in [0.2, 0.25) is 6.79 Å². The molecular weight excluding hydrogens is 444 g/mol. The molecule has 9 heteroatoms. The highest BCUT2D eigenvalue weighted by Crippen LogP contribution is 2.37. The molecule has 0 bridgehead atoms. The average Bonchev–Trinajstić information content (AvgIpc) is 3.53. The number of fused-ring (bicyclic) bond motifs is 2. The van der Waals surface area contributed by atoms with Crippen LogP contribution in [0.2, 0.25) is 0 Å². The lowest BCUT2D eigenvalue weighted by Crippen LogP contribution is -2.42. The third kappa shape index (κ3) is 4.53. The summed E-state index contributed by atoms with van der Waals surface area (Å²) in [5.74, 6) is 2.26. The first-order valence-electron chi connectivity index (χ1n) is 12.9. The van der Waals surface area contributed by atoms with E-state index in [0.29, 0.717) is 24.1 Å². The van der Waals surface area contributed by atoms with Crippen molar-refractivity contribution in [1.29, 1.82) is 0 Å². The zero-order valence-electron chi connectivity index (χ0n) is 21.2. The number of aromatic nitrogens is 5. The minimum absolute atomic E-state index is 0.0192. The third-order valence-electron chi connectivity index (χ3n) is 7.83. The SMILES string of the molecule is CC[C@H](c1nnnn1C(C)(C)CC)N(Cc1cc2cc3c(cc2[nH]c1=O)OCO3)C1CCCCC1. The Morgan fingerprint density at radius 3 is 2.60 bits per heavy atom. The number of rotatable bonds is 8. The number of hydrogen-bond donors (Lipinski definition) is 1. The van der Waals surface area contributed by atoms with Gasteiger partial charge in [-0.2, -0.15) is 0 Å². The van der Waals surface area contributed by atoms with E-state index in [1.54, 1.807) is 0 Å². The number of nitrogens with zero attached hydrogens (tertiary/aromatic N) is 5. The smallest absolute Gasteiger partial charge is 0.252 e. The van der Waals surface area contributed by atoms with Crippen LogP contribution in [-0.4, -0.2) is 42.9 Å². The highest BCUT2D eigenvalue weighted by molar-refractivity contribution is 5.83. The lowest BCUT2D eigenvalue weighted by atomic mass is 9.91. The molecule has 1 aromatic carbocycles. The second kappa shape index (κ2) is 9.60. The highest BCUT2D eigenvalue weighted by atomic mass is 16.7. The van der Waals surface area contributed by atoms with Crippen molar-refractivity contribution in [2.24, 2.45) is 0 Å². The number of nitrogens with one attached hydrogen (secondary N) is 1. The molecule has 0 radical (unpaired) electrons. The van der Waals surface area contributed by atoms with Crippen molar-refractivity contribution >= 4 is 10.9 Å². The summed E-state index contributed by atoms with van der Waals surface area (Å²) in [5, 5.41) is 13.9. The van der Waals surface area contributed by atoms with Crippen LogP contribution in [0.15, 0.2) is 23.0 Å². The van der Waals surface area contributed by atoms with Crippen molar-refractivity contribution in [1.82, 2.24) is 30.1 Å². The fourth-order valence-electron chi connectivity index (χ4n) is 5.41. The molecule has 1 fully saturated rings. The van der Waals surface area contributed by atoms with Crippen molar-refractivity contribution in [2.45, 2.75) is 96.8 Å². The Labute approximate surface area is 205 Å². The molecule has 1 aliphatic carbocycles. The van der Waals surface area contributed by atoms with Gasteiger partial charge in [-0.25, -0.2) is 4.68 Å². The molecule has 3 heterocycles. The van der Waals surface area contributed by atoms with Gasteiger partial charge in [0.25, 0.3) is 5.56 Å². The van der Waals surface area contributed by atoms with E-state index in [2.05, 4.69) is 53.1 Å². The molecule has 2 aliphatic rings. The fraction of sp³-hybridized carbons (Fsp3) is 0.615. The van der Waals surface area contributed by atoms with Crippen LogP contribution < -0.4 is 15.0 Å². The van der Waals surface area contributed by atoms with Crippen LogP contribution in [0.1, 0.15) is 90.1 Å². The predicted octanol–water partition coefficient (Wildman–Crippen LogP) is 4.67. The zero-order valence-corrected chi connectivity index (χ0v) is 21.2. The van der Waals surface area contributed by atoms with E-state index in [-0.39, 0.29) is 23.9 Å². The standard InChI is InChI=1S/C26H36N6O3/c1-5-21(24-28-29-30-32(24)26(3,4)6-2)31(19-10-8-7-9-11-19)15-18-12-17-13-22-23(35-16-34-22)14-20(17)27-25(18)33/h12-14,19,21H,5-11,15-16H2,1-4H3,(H,27,33)/t21-/m1/s1. The molecule has 1 aliphatic heterocycles. The maximum Gasteiger partial charge on any atom is 0.252 e. The van der Waals surface area contributed by atoms with E-state index in [0.717, 1.165) is 48.0 Å². The van der Waals surface area contributed by atoms with E-state index in [4.69, 9.17) is 9.47 Å². The Balaban J connectivity index is 1.54. The van der Waals surface area contributed by atoms with E-state index >= 15 is 0 Å². The number of pyridine rings is 1. The van der Waals surface area contributed by atoms with Gasteiger partial charge >= 0.3 is 0 Å². The van der Waals surface area contributed by atoms with Gasteiger partial charge in [0.1, 0.15) is 0 Å². The molecule has 188 valence electrons. The van der Waals surface area contributed by atoms with Crippen molar-refractivity contribution in [3.05, 3.63) is 39.9 Å². The fourth-order valence-corrected chi connectivity index (χ4v) is 5.41. The van der Waals surface area contributed by atoms with Crippen molar-refractivity contribution in [3.63, 3.8) is 0 Å². The van der Waals surface area contributed by atoms with Gasteiger partial charge in [-0.1, -0.05) is 33.1 Å². The topological polar surface area (TPSA) is 98.2 Å². The minimum atomic E-state index is -0.187. The van der Waals surface area contributed by atoms with Crippen LogP contribution in [0.3, 0.4) is 0 Å². The lowest BCUT2D eigenvalue weighted by molar-refractivity contribution is 0.0801. The van der Waals surface area contributed by atoms with Gasteiger partial charge < -0.3 is 14.5 Å². The number of aromatic amines is 1. The Morgan fingerprint density at radius 2 is 1.89 bits per heavy atom. The molecule has 0 amide bonds. The normalized spacial score (nSPS) is 17.4. The predicted molar refractivity (Wildman–Crippen MR) is 134 cm³/mol. The van der Waals surface area contributed by atoms with Gasteiger partial charge in [-0.05, 0) is 62.1 Å². The second-order valence-electron chi connectivity index (χ2n) is 10.4. The molecule has 5 rings (SSSR count). The minimum Gasteiger partial charge on any atom is -0.454 e. The highest BCUT2D eigenvalue weighted by Gasteiger charge is 2.34. The maximum absolute atomic E-state index is 13.2. The van der Waals surface area contributed by atoms with Crippen LogP contribution in [0.5, 0.6) is 11.5 Å². The van der Waals surface area contributed by atoms with E-state index in [1.165, 1.54) is 19.3 Å². The summed E-state index contributed by atoms with van der Waals surface area (Å²) in [7, 11) is 0. The quantitative estimate of drug-likeness (QED) is 0.500. The van der Waals surface area contributed by atoms with E-state index < -0.39 is 0 Å². The number of benzene rings is 1. The van der Waals surface area contributed by atoms with Gasteiger partial charge in [0.15, 0.2) is 17.3 Å². The zero-order chi connectivity index (χ0) is 24.6. The van der Waals surface area contributed by atoms with Crippen LogP contribution in [-0.2, 0) is 12.1 Å². The summed E-state index contributed by atoms with van der Waals surface area (Å²) in [6.45, 7) is 9.43. The Morgan fingerprint density at radius 1 is 1.14 bits per heavy atom.